The predicted molar refractivity (Wildman–Crippen MR) is 128 cm³/mol. The van der Waals surface area contributed by atoms with E-state index in [0.29, 0.717) is 30.8 Å². The number of nitriles is 1. The fraction of sp³-hybridized carbons (Fsp3) is 0.120. The zero-order chi connectivity index (χ0) is 23.6. The van der Waals surface area contributed by atoms with Crippen molar-refractivity contribution in [1.82, 2.24) is 9.88 Å². The first-order chi connectivity index (χ1) is 16.0. The van der Waals surface area contributed by atoms with Gasteiger partial charge in [-0.05, 0) is 22.8 Å². The van der Waals surface area contributed by atoms with Gasteiger partial charge in [-0.1, -0.05) is 48.5 Å². The molecule has 0 bridgehead atoms. The predicted octanol–water partition coefficient (Wildman–Crippen LogP) is 2.42. The topological polar surface area (TPSA) is 146 Å². The van der Waals surface area contributed by atoms with E-state index in [1.54, 1.807) is 30.3 Å². The quantitative estimate of drug-likeness (QED) is 0.230. The minimum absolute atomic E-state index is 0.000113. The average molecular weight is 440 g/mol. The maximum absolute atomic E-state index is 12.4. The third-order valence-electron chi connectivity index (χ3n) is 4.93. The van der Waals surface area contributed by atoms with Gasteiger partial charge in [-0.2, -0.15) is 5.26 Å². The Kier molecular flexibility index (Phi) is 7.76. The van der Waals surface area contributed by atoms with E-state index < -0.39 is 0 Å². The highest BCUT2D eigenvalue weighted by atomic mass is 16.1. The maximum Gasteiger partial charge on any atom is 0.254 e. The molecule has 166 valence electrons. The van der Waals surface area contributed by atoms with Gasteiger partial charge in [-0.3, -0.25) is 15.2 Å². The highest BCUT2D eigenvalue weighted by molar-refractivity contribution is 6.12. The molecule has 0 aliphatic heterocycles. The number of aliphatic imine (C=N–C) groups is 1. The molecule has 0 fully saturated rings. The second kappa shape index (κ2) is 11.1. The molecule has 6 N–H and O–H groups in total. The molecule has 0 spiro atoms. The van der Waals surface area contributed by atoms with Crippen molar-refractivity contribution >= 4 is 18.0 Å². The van der Waals surface area contributed by atoms with Crippen molar-refractivity contribution in [2.24, 2.45) is 16.5 Å². The fourth-order valence-corrected chi connectivity index (χ4v) is 3.08. The standard InChI is InChI=1S/C25H25N7O/c26-11-21-9-10-32(17-21)16-20-3-1-18(2-4-20)13-30-15-23(12-27)25(33)31-14-19-5-7-22(8-6-19)24(28)29/h1-10,12,15,17H,13-14,16,27H2,(H3,28,29)(H,31,33)/b23-12+,30-15?. The van der Waals surface area contributed by atoms with Gasteiger partial charge in [0.25, 0.3) is 5.91 Å². The van der Waals surface area contributed by atoms with Crippen molar-refractivity contribution < 1.29 is 4.79 Å². The number of amidine groups is 1. The molecule has 8 heteroatoms. The smallest absolute Gasteiger partial charge is 0.254 e. The Bertz CT molecular complexity index is 1210. The number of carbonyl (C=O) groups is 1. The number of hydrogen-bond acceptors (Lipinski definition) is 5. The van der Waals surface area contributed by atoms with Crippen LogP contribution in [0.3, 0.4) is 0 Å². The SMILES string of the molecule is N#Cc1ccn(Cc2ccc(CN=C/C(=C\N)C(=O)NCc3ccc(C(=N)N)cc3)cc2)c1. The number of hydrogen-bond donors (Lipinski definition) is 4. The van der Waals surface area contributed by atoms with Crippen LogP contribution in [-0.4, -0.2) is 22.5 Å². The van der Waals surface area contributed by atoms with Crippen LogP contribution in [0.2, 0.25) is 0 Å². The normalized spacial score (nSPS) is 11.3. The molecule has 1 aromatic heterocycles. The van der Waals surface area contributed by atoms with Crippen LogP contribution in [0.4, 0.5) is 0 Å². The zero-order valence-electron chi connectivity index (χ0n) is 18.0. The Morgan fingerprint density at radius 3 is 2.36 bits per heavy atom. The number of nitrogens with zero attached hydrogens (tertiary/aromatic N) is 3. The van der Waals surface area contributed by atoms with Gasteiger partial charge in [0.05, 0.1) is 17.7 Å². The highest BCUT2D eigenvalue weighted by Gasteiger charge is 2.07. The Morgan fingerprint density at radius 2 is 1.76 bits per heavy atom. The largest absolute Gasteiger partial charge is 0.404 e. The van der Waals surface area contributed by atoms with E-state index >= 15 is 0 Å². The molecule has 1 heterocycles. The lowest BCUT2D eigenvalue weighted by Crippen LogP contribution is -2.25. The lowest BCUT2D eigenvalue weighted by Gasteiger charge is -2.07. The molecule has 0 atom stereocenters. The summed E-state index contributed by atoms with van der Waals surface area (Å²) in [5, 5.41) is 19.1. The van der Waals surface area contributed by atoms with E-state index in [1.165, 1.54) is 12.4 Å². The van der Waals surface area contributed by atoms with E-state index in [-0.39, 0.29) is 17.3 Å². The Labute approximate surface area is 192 Å². The van der Waals surface area contributed by atoms with Gasteiger partial charge < -0.3 is 21.4 Å². The zero-order valence-corrected chi connectivity index (χ0v) is 18.0. The number of rotatable bonds is 9. The Balaban J connectivity index is 1.49. The van der Waals surface area contributed by atoms with E-state index in [4.69, 9.17) is 22.1 Å². The van der Waals surface area contributed by atoms with Crippen LogP contribution in [0.1, 0.15) is 27.8 Å². The average Bonchev–Trinajstić information content (AvgIpc) is 3.29. The lowest BCUT2D eigenvalue weighted by molar-refractivity contribution is -0.117. The van der Waals surface area contributed by atoms with Gasteiger partial charge in [0.15, 0.2) is 0 Å². The second-order valence-corrected chi connectivity index (χ2v) is 7.39. The van der Waals surface area contributed by atoms with Crippen LogP contribution >= 0.6 is 0 Å². The summed E-state index contributed by atoms with van der Waals surface area (Å²) in [5.74, 6) is -0.324. The summed E-state index contributed by atoms with van der Waals surface area (Å²) in [7, 11) is 0. The molecular formula is C25H25N7O. The van der Waals surface area contributed by atoms with Gasteiger partial charge in [0, 0.05) is 43.5 Å². The number of benzene rings is 2. The minimum Gasteiger partial charge on any atom is -0.404 e. The summed E-state index contributed by atoms with van der Waals surface area (Å²) in [4.78, 5) is 16.7. The Hall–Kier alpha value is -4.64. The van der Waals surface area contributed by atoms with Crippen LogP contribution in [0.5, 0.6) is 0 Å². The van der Waals surface area contributed by atoms with Crippen molar-refractivity contribution in [2.75, 3.05) is 0 Å². The van der Waals surface area contributed by atoms with E-state index in [2.05, 4.69) is 16.4 Å². The molecule has 2 aromatic carbocycles. The van der Waals surface area contributed by atoms with Gasteiger partial charge in [-0.15, -0.1) is 0 Å². The lowest BCUT2D eigenvalue weighted by atomic mass is 10.1. The molecule has 33 heavy (non-hydrogen) atoms. The first-order valence-corrected chi connectivity index (χ1v) is 10.3. The third-order valence-corrected chi connectivity index (χ3v) is 4.93. The van der Waals surface area contributed by atoms with E-state index in [9.17, 15) is 4.79 Å². The molecule has 0 saturated carbocycles. The molecule has 8 nitrogen and oxygen atoms in total. The van der Waals surface area contributed by atoms with Crippen molar-refractivity contribution in [3.63, 3.8) is 0 Å². The highest BCUT2D eigenvalue weighted by Crippen LogP contribution is 2.09. The fourth-order valence-electron chi connectivity index (χ4n) is 3.08. The molecule has 0 saturated heterocycles. The van der Waals surface area contributed by atoms with Crippen LogP contribution in [0.25, 0.3) is 0 Å². The van der Waals surface area contributed by atoms with E-state index in [0.717, 1.165) is 16.7 Å². The molecule has 3 aromatic rings. The summed E-state index contributed by atoms with van der Waals surface area (Å²) < 4.78 is 1.96. The number of nitrogens with two attached hydrogens (primary N) is 2. The summed E-state index contributed by atoms with van der Waals surface area (Å²) in [5.41, 5.74) is 15.6. The van der Waals surface area contributed by atoms with Crippen molar-refractivity contribution in [3.8, 4) is 6.07 Å². The number of nitrogens with one attached hydrogen (secondary N) is 2. The van der Waals surface area contributed by atoms with Crippen molar-refractivity contribution in [1.29, 1.82) is 10.7 Å². The number of amides is 1. The first kappa shape index (κ1) is 23.0. The first-order valence-electron chi connectivity index (χ1n) is 10.3. The summed E-state index contributed by atoms with van der Waals surface area (Å²) in [6.45, 7) is 1.42. The van der Waals surface area contributed by atoms with Crippen LogP contribution in [0, 0.1) is 16.7 Å². The molecule has 0 unspecified atom stereocenters. The van der Waals surface area contributed by atoms with Crippen LogP contribution < -0.4 is 16.8 Å². The van der Waals surface area contributed by atoms with Crippen molar-refractivity contribution in [2.45, 2.75) is 19.6 Å². The van der Waals surface area contributed by atoms with Crippen LogP contribution in [0.15, 0.2) is 83.8 Å². The van der Waals surface area contributed by atoms with Crippen molar-refractivity contribution in [3.05, 3.63) is 107 Å². The molecule has 3 rings (SSSR count). The number of carbonyl (C=O) groups excluding carboxylic acids is 1. The summed E-state index contributed by atoms with van der Waals surface area (Å²) in [6, 6.07) is 19.0. The number of nitrogen functional groups attached to an aromatic ring is 1. The molecule has 1 amide bonds. The van der Waals surface area contributed by atoms with Gasteiger partial charge in [-0.25, -0.2) is 0 Å². The summed E-state index contributed by atoms with van der Waals surface area (Å²) in [6.07, 6.45) is 6.38. The van der Waals surface area contributed by atoms with E-state index in [1.807, 2.05) is 41.2 Å². The van der Waals surface area contributed by atoms with Gasteiger partial charge >= 0.3 is 0 Å². The molecule has 0 aliphatic carbocycles. The third kappa shape index (κ3) is 6.67. The monoisotopic (exact) mass is 439 g/mol. The number of aromatic nitrogens is 1. The van der Waals surface area contributed by atoms with Gasteiger partial charge in [0.2, 0.25) is 0 Å². The minimum atomic E-state index is -0.323. The molecule has 0 radical (unpaired) electrons. The Morgan fingerprint density at radius 1 is 1.09 bits per heavy atom. The summed E-state index contributed by atoms with van der Waals surface area (Å²) >= 11 is 0. The second-order valence-electron chi connectivity index (χ2n) is 7.39. The molecular weight excluding hydrogens is 414 g/mol. The van der Waals surface area contributed by atoms with Gasteiger partial charge in [0.1, 0.15) is 11.9 Å². The molecule has 0 aliphatic rings. The maximum atomic E-state index is 12.4. The van der Waals surface area contributed by atoms with Crippen LogP contribution in [-0.2, 0) is 24.4 Å².